The fourth-order valence-corrected chi connectivity index (χ4v) is 2.59. The summed E-state index contributed by atoms with van der Waals surface area (Å²) in [6.45, 7) is 0. The monoisotopic (exact) mass is 329 g/mol. The molecule has 1 N–H and O–H groups in total. The maximum absolute atomic E-state index is 13.1. The van der Waals surface area contributed by atoms with E-state index >= 15 is 0 Å². The molecular weight excluding hydrogens is 317 g/mol. The highest BCUT2D eigenvalue weighted by atomic mass is 32.2. The number of benzene rings is 2. The highest BCUT2D eigenvalue weighted by molar-refractivity contribution is 7.98. The SMILES string of the molecule is CSc1ccccc1-c1nnc(NC(=O)c2cccc(F)c2)o1. The molecule has 0 bridgehead atoms. The van der Waals surface area contributed by atoms with Crippen molar-refractivity contribution in [1.82, 2.24) is 10.2 Å². The summed E-state index contributed by atoms with van der Waals surface area (Å²) in [5, 5.41) is 10.2. The Kier molecular flexibility index (Phi) is 4.38. The van der Waals surface area contributed by atoms with Gasteiger partial charge in [0.05, 0.1) is 5.56 Å². The van der Waals surface area contributed by atoms with Crippen molar-refractivity contribution in [1.29, 1.82) is 0 Å². The Balaban J connectivity index is 1.81. The van der Waals surface area contributed by atoms with Crippen LogP contribution >= 0.6 is 11.8 Å². The Hall–Kier alpha value is -2.67. The number of carbonyl (C=O) groups excluding carboxylic acids is 1. The molecule has 7 heteroatoms. The summed E-state index contributed by atoms with van der Waals surface area (Å²) in [5.41, 5.74) is 0.966. The molecule has 0 aliphatic heterocycles. The van der Waals surface area contributed by atoms with Crippen LogP contribution < -0.4 is 5.32 Å². The van der Waals surface area contributed by atoms with Crippen molar-refractivity contribution < 1.29 is 13.6 Å². The Bertz CT molecular complexity index is 851. The summed E-state index contributed by atoms with van der Waals surface area (Å²) >= 11 is 1.56. The van der Waals surface area contributed by atoms with Crippen molar-refractivity contribution in [2.75, 3.05) is 11.6 Å². The van der Waals surface area contributed by atoms with Gasteiger partial charge in [-0.2, -0.15) is 0 Å². The third-order valence-corrected chi connectivity index (χ3v) is 3.87. The first-order valence-corrected chi connectivity index (χ1v) is 7.93. The van der Waals surface area contributed by atoms with Gasteiger partial charge in [-0.3, -0.25) is 10.1 Å². The summed E-state index contributed by atoms with van der Waals surface area (Å²) < 4.78 is 18.6. The van der Waals surface area contributed by atoms with Gasteiger partial charge < -0.3 is 4.42 Å². The number of hydrogen-bond acceptors (Lipinski definition) is 5. The first-order chi connectivity index (χ1) is 11.2. The highest BCUT2D eigenvalue weighted by Crippen LogP contribution is 2.29. The first kappa shape index (κ1) is 15.2. The van der Waals surface area contributed by atoms with E-state index in [-0.39, 0.29) is 11.6 Å². The lowest BCUT2D eigenvalue weighted by Gasteiger charge is -2.02. The third kappa shape index (κ3) is 3.40. The van der Waals surface area contributed by atoms with Crippen molar-refractivity contribution in [2.24, 2.45) is 0 Å². The number of halogens is 1. The molecule has 0 atom stereocenters. The van der Waals surface area contributed by atoms with E-state index in [4.69, 9.17) is 4.42 Å². The van der Waals surface area contributed by atoms with Crippen molar-refractivity contribution in [2.45, 2.75) is 4.90 Å². The zero-order valence-corrected chi connectivity index (χ0v) is 12.9. The van der Waals surface area contributed by atoms with Gasteiger partial charge in [0.2, 0.25) is 0 Å². The number of anilines is 1. The first-order valence-electron chi connectivity index (χ1n) is 6.71. The summed E-state index contributed by atoms with van der Waals surface area (Å²) in [5.74, 6) is -0.694. The lowest BCUT2D eigenvalue weighted by atomic mass is 10.2. The van der Waals surface area contributed by atoms with E-state index in [0.717, 1.165) is 16.5 Å². The van der Waals surface area contributed by atoms with Crippen LogP contribution in [0.15, 0.2) is 57.8 Å². The van der Waals surface area contributed by atoms with Gasteiger partial charge in [-0.25, -0.2) is 4.39 Å². The van der Waals surface area contributed by atoms with Crippen molar-refractivity contribution >= 4 is 23.7 Å². The van der Waals surface area contributed by atoms with Crippen LogP contribution in [0.3, 0.4) is 0 Å². The molecule has 2 aromatic carbocycles. The van der Waals surface area contributed by atoms with E-state index in [1.807, 2.05) is 30.5 Å². The molecule has 0 radical (unpaired) electrons. The van der Waals surface area contributed by atoms with E-state index in [2.05, 4.69) is 15.5 Å². The quantitative estimate of drug-likeness (QED) is 0.736. The fraction of sp³-hybridized carbons (Fsp3) is 0.0625. The van der Waals surface area contributed by atoms with Crippen molar-refractivity contribution in [3.8, 4) is 11.5 Å². The Morgan fingerprint density at radius 1 is 1.17 bits per heavy atom. The second-order valence-electron chi connectivity index (χ2n) is 4.58. The molecule has 1 aromatic heterocycles. The van der Waals surface area contributed by atoms with Gasteiger partial charge >= 0.3 is 6.01 Å². The Morgan fingerprint density at radius 2 is 2.00 bits per heavy atom. The second kappa shape index (κ2) is 6.62. The van der Waals surface area contributed by atoms with Crippen LogP contribution in [-0.2, 0) is 0 Å². The van der Waals surface area contributed by atoms with Crippen LogP contribution in [0.5, 0.6) is 0 Å². The van der Waals surface area contributed by atoms with E-state index < -0.39 is 11.7 Å². The summed E-state index contributed by atoms with van der Waals surface area (Å²) in [6.07, 6.45) is 1.95. The topological polar surface area (TPSA) is 68.0 Å². The normalized spacial score (nSPS) is 10.5. The molecule has 0 saturated heterocycles. The Labute approximate surface area is 135 Å². The molecule has 1 heterocycles. The van der Waals surface area contributed by atoms with E-state index in [1.165, 1.54) is 18.2 Å². The average molecular weight is 329 g/mol. The molecule has 3 rings (SSSR count). The number of rotatable bonds is 4. The molecule has 23 heavy (non-hydrogen) atoms. The molecule has 116 valence electrons. The van der Waals surface area contributed by atoms with Crippen LogP contribution in [0.1, 0.15) is 10.4 Å². The molecule has 3 aromatic rings. The van der Waals surface area contributed by atoms with Crippen LogP contribution in [0.2, 0.25) is 0 Å². The molecular formula is C16H12FN3O2S. The van der Waals surface area contributed by atoms with E-state index in [0.29, 0.717) is 5.89 Å². The maximum atomic E-state index is 13.1. The van der Waals surface area contributed by atoms with E-state index in [9.17, 15) is 9.18 Å². The number of amides is 1. The zero-order chi connectivity index (χ0) is 16.2. The highest BCUT2D eigenvalue weighted by Gasteiger charge is 2.15. The number of carbonyl (C=O) groups is 1. The average Bonchev–Trinajstić information content (AvgIpc) is 3.03. The van der Waals surface area contributed by atoms with Gasteiger partial charge in [0.1, 0.15) is 5.82 Å². The van der Waals surface area contributed by atoms with Crippen molar-refractivity contribution in [3.05, 3.63) is 59.9 Å². The minimum atomic E-state index is -0.516. The van der Waals surface area contributed by atoms with Crippen molar-refractivity contribution in [3.63, 3.8) is 0 Å². The lowest BCUT2D eigenvalue weighted by molar-refractivity contribution is 0.102. The minimum absolute atomic E-state index is 0.0369. The predicted octanol–water partition coefficient (Wildman–Crippen LogP) is 3.85. The predicted molar refractivity (Wildman–Crippen MR) is 85.9 cm³/mol. The van der Waals surface area contributed by atoms with Crippen LogP contribution in [0.4, 0.5) is 10.4 Å². The standard InChI is InChI=1S/C16H12FN3O2S/c1-23-13-8-3-2-7-12(13)15-19-20-16(22-15)18-14(21)10-5-4-6-11(17)9-10/h2-9H,1H3,(H,18,20,21). The fourth-order valence-electron chi connectivity index (χ4n) is 2.00. The van der Waals surface area contributed by atoms with Gasteiger partial charge in [0, 0.05) is 10.5 Å². The molecule has 0 aliphatic carbocycles. The van der Waals surface area contributed by atoms with Crippen LogP contribution in [-0.4, -0.2) is 22.4 Å². The van der Waals surface area contributed by atoms with Gasteiger partial charge in [0.25, 0.3) is 11.8 Å². The minimum Gasteiger partial charge on any atom is -0.403 e. The smallest absolute Gasteiger partial charge is 0.322 e. The molecule has 5 nitrogen and oxygen atoms in total. The zero-order valence-electron chi connectivity index (χ0n) is 12.1. The number of nitrogens with zero attached hydrogens (tertiary/aromatic N) is 2. The van der Waals surface area contributed by atoms with Gasteiger partial charge in [-0.1, -0.05) is 23.3 Å². The molecule has 1 amide bonds. The molecule has 0 spiro atoms. The number of nitrogens with one attached hydrogen (secondary N) is 1. The lowest BCUT2D eigenvalue weighted by Crippen LogP contribution is -2.12. The number of aromatic nitrogens is 2. The van der Waals surface area contributed by atoms with Gasteiger partial charge in [0.15, 0.2) is 0 Å². The number of hydrogen-bond donors (Lipinski definition) is 1. The van der Waals surface area contributed by atoms with Gasteiger partial charge in [-0.05, 0) is 36.6 Å². The third-order valence-electron chi connectivity index (χ3n) is 3.07. The molecule has 0 saturated carbocycles. The molecule has 0 unspecified atom stereocenters. The second-order valence-corrected chi connectivity index (χ2v) is 5.43. The number of thioether (sulfide) groups is 1. The summed E-state index contributed by atoms with van der Waals surface area (Å²) in [4.78, 5) is 13.0. The summed E-state index contributed by atoms with van der Waals surface area (Å²) in [6, 6.07) is 12.9. The van der Waals surface area contributed by atoms with Crippen LogP contribution in [0, 0.1) is 5.82 Å². The van der Waals surface area contributed by atoms with E-state index in [1.54, 1.807) is 11.8 Å². The van der Waals surface area contributed by atoms with Gasteiger partial charge in [-0.15, -0.1) is 16.9 Å². The maximum Gasteiger partial charge on any atom is 0.322 e. The Morgan fingerprint density at radius 3 is 2.78 bits per heavy atom. The molecule has 0 fully saturated rings. The molecule has 0 aliphatic rings. The summed E-state index contributed by atoms with van der Waals surface area (Å²) in [7, 11) is 0. The largest absolute Gasteiger partial charge is 0.403 e. The van der Waals surface area contributed by atoms with Crippen LogP contribution in [0.25, 0.3) is 11.5 Å².